The number of para-hydroxylation sites is 1. The van der Waals surface area contributed by atoms with Crippen molar-refractivity contribution in [2.24, 2.45) is 0 Å². The molecule has 1 aliphatic heterocycles. The number of amides is 1. The van der Waals surface area contributed by atoms with Crippen LogP contribution < -0.4 is 9.21 Å². The molecule has 0 fully saturated rings. The van der Waals surface area contributed by atoms with Crippen LogP contribution in [0, 0.1) is 0 Å². The Kier molecular flexibility index (Phi) is 5.97. The van der Waals surface area contributed by atoms with E-state index < -0.39 is 16.6 Å². The Hall–Kier alpha value is -2.54. The van der Waals surface area contributed by atoms with Crippen molar-refractivity contribution in [3.8, 4) is 0 Å². The molecule has 1 aliphatic rings. The third-order valence-electron chi connectivity index (χ3n) is 5.29. The number of sulfonamides is 1. The molecule has 0 saturated heterocycles. The van der Waals surface area contributed by atoms with Gasteiger partial charge in [0, 0.05) is 11.7 Å². The molecule has 0 aliphatic carbocycles. The summed E-state index contributed by atoms with van der Waals surface area (Å²) in [5.74, 6) is -0.340. The predicted octanol–water partition coefficient (Wildman–Crippen LogP) is 5.17. The van der Waals surface area contributed by atoms with Gasteiger partial charge in [-0.2, -0.15) is 0 Å². The lowest BCUT2D eigenvalue weighted by atomic mass is 10.1. The first-order valence-electron chi connectivity index (χ1n) is 9.72. The van der Waals surface area contributed by atoms with Crippen LogP contribution in [0.5, 0.6) is 0 Å². The SMILES string of the molecule is C[C@@H]1Cc2ccccc2N1C(=O)CN(c1cccc(Cl)c1Cl)S(=O)(=O)c1ccccc1. The van der Waals surface area contributed by atoms with Crippen molar-refractivity contribution in [3.05, 3.63) is 88.4 Å². The van der Waals surface area contributed by atoms with Gasteiger partial charge in [-0.15, -0.1) is 0 Å². The van der Waals surface area contributed by atoms with Crippen LogP contribution in [-0.2, 0) is 21.2 Å². The Labute approximate surface area is 191 Å². The smallest absolute Gasteiger partial charge is 0.264 e. The molecule has 0 unspecified atom stereocenters. The third kappa shape index (κ3) is 4.03. The zero-order chi connectivity index (χ0) is 22.2. The summed E-state index contributed by atoms with van der Waals surface area (Å²) in [5.41, 5.74) is 2.02. The molecule has 1 heterocycles. The van der Waals surface area contributed by atoms with Crippen LogP contribution in [0.4, 0.5) is 11.4 Å². The molecule has 0 spiro atoms. The van der Waals surface area contributed by atoms with E-state index in [0.717, 1.165) is 15.6 Å². The van der Waals surface area contributed by atoms with Gasteiger partial charge in [0.15, 0.2) is 0 Å². The Morgan fingerprint density at radius 1 is 1.00 bits per heavy atom. The number of fused-ring (bicyclic) bond motifs is 1. The van der Waals surface area contributed by atoms with E-state index >= 15 is 0 Å². The summed E-state index contributed by atoms with van der Waals surface area (Å²) in [6.45, 7) is 1.54. The lowest BCUT2D eigenvalue weighted by Gasteiger charge is -2.29. The summed E-state index contributed by atoms with van der Waals surface area (Å²) in [6.07, 6.45) is 0.714. The van der Waals surface area contributed by atoms with E-state index in [4.69, 9.17) is 23.2 Å². The Bertz CT molecular complexity index is 1230. The topological polar surface area (TPSA) is 57.7 Å². The standard InChI is InChI=1S/C23H20Cl2N2O3S/c1-16-14-17-8-5-6-12-20(17)27(16)22(28)15-26(21-13-7-11-19(24)23(21)25)31(29,30)18-9-3-2-4-10-18/h2-13,16H,14-15H2,1H3/t16-/m1/s1. The molecule has 3 aromatic carbocycles. The fraction of sp³-hybridized carbons (Fsp3) is 0.174. The molecule has 0 saturated carbocycles. The fourth-order valence-electron chi connectivity index (χ4n) is 3.85. The van der Waals surface area contributed by atoms with Gasteiger partial charge in [-0.3, -0.25) is 9.10 Å². The van der Waals surface area contributed by atoms with E-state index in [-0.39, 0.29) is 32.6 Å². The van der Waals surface area contributed by atoms with Crippen LogP contribution in [0.1, 0.15) is 12.5 Å². The summed E-state index contributed by atoms with van der Waals surface area (Å²) >= 11 is 12.5. The molecule has 0 bridgehead atoms. The summed E-state index contributed by atoms with van der Waals surface area (Å²) in [4.78, 5) is 15.1. The van der Waals surface area contributed by atoms with Crippen molar-refractivity contribution in [2.45, 2.75) is 24.3 Å². The average molecular weight is 475 g/mol. The maximum atomic E-state index is 13.5. The number of carbonyl (C=O) groups excluding carboxylic acids is 1. The van der Waals surface area contributed by atoms with Crippen molar-refractivity contribution in [1.29, 1.82) is 0 Å². The number of anilines is 2. The van der Waals surface area contributed by atoms with Crippen molar-refractivity contribution >= 4 is 50.5 Å². The van der Waals surface area contributed by atoms with E-state index in [0.29, 0.717) is 6.42 Å². The fourth-order valence-corrected chi connectivity index (χ4v) is 5.74. The molecule has 1 amide bonds. The Morgan fingerprint density at radius 2 is 1.68 bits per heavy atom. The van der Waals surface area contributed by atoms with Crippen LogP contribution in [0.2, 0.25) is 10.0 Å². The van der Waals surface area contributed by atoms with Crippen LogP contribution in [0.3, 0.4) is 0 Å². The molecule has 31 heavy (non-hydrogen) atoms. The second-order valence-electron chi connectivity index (χ2n) is 7.34. The van der Waals surface area contributed by atoms with Crippen molar-refractivity contribution in [1.82, 2.24) is 0 Å². The highest BCUT2D eigenvalue weighted by Crippen LogP contribution is 2.37. The van der Waals surface area contributed by atoms with E-state index in [1.165, 1.54) is 12.1 Å². The number of hydrogen-bond donors (Lipinski definition) is 0. The Morgan fingerprint density at radius 3 is 2.42 bits per heavy atom. The van der Waals surface area contributed by atoms with Crippen LogP contribution in [-0.4, -0.2) is 26.9 Å². The van der Waals surface area contributed by atoms with Crippen LogP contribution in [0.15, 0.2) is 77.7 Å². The molecular formula is C23H20Cl2N2O3S. The number of benzene rings is 3. The van der Waals surface area contributed by atoms with Gasteiger partial charge < -0.3 is 4.90 Å². The van der Waals surface area contributed by atoms with Gasteiger partial charge in [0.1, 0.15) is 6.54 Å². The quantitative estimate of drug-likeness (QED) is 0.512. The third-order valence-corrected chi connectivity index (χ3v) is 7.87. The number of rotatable bonds is 5. The minimum atomic E-state index is -4.07. The number of carbonyl (C=O) groups is 1. The molecular weight excluding hydrogens is 455 g/mol. The largest absolute Gasteiger partial charge is 0.307 e. The highest BCUT2D eigenvalue weighted by atomic mass is 35.5. The normalized spacial score (nSPS) is 15.6. The average Bonchev–Trinajstić information content (AvgIpc) is 3.10. The molecule has 160 valence electrons. The summed E-state index contributed by atoms with van der Waals surface area (Å²) in [5, 5.41) is 0.283. The maximum absolute atomic E-state index is 13.5. The van der Waals surface area contributed by atoms with Crippen molar-refractivity contribution < 1.29 is 13.2 Å². The maximum Gasteiger partial charge on any atom is 0.264 e. The number of halogens is 2. The number of nitrogens with zero attached hydrogens (tertiary/aromatic N) is 2. The van der Waals surface area contributed by atoms with Gasteiger partial charge in [0.2, 0.25) is 5.91 Å². The van der Waals surface area contributed by atoms with Crippen LogP contribution in [0.25, 0.3) is 0 Å². The second-order valence-corrected chi connectivity index (χ2v) is 9.99. The molecule has 0 radical (unpaired) electrons. The van der Waals surface area contributed by atoms with Gasteiger partial charge >= 0.3 is 0 Å². The van der Waals surface area contributed by atoms with Gasteiger partial charge in [0.05, 0.1) is 20.6 Å². The summed E-state index contributed by atoms with van der Waals surface area (Å²) in [7, 11) is -4.07. The predicted molar refractivity (Wildman–Crippen MR) is 125 cm³/mol. The molecule has 3 aromatic rings. The molecule has 5 nitrogen and oxygen atoms in total. The second kappa shape index (κ2) is 8.54. The van der Waals surface area contributed by atoms with E-state index in [9.17, 15) is 13.2 Å². The van der Waals surface area contributed by atoms with E-state index in [1.54, 1.807) is 41.3 Å². The summed E-state index contributed by atoms with van der Waals surface area (Å²) in [6, 6.07) is 20.2. The molecule has 0 aromatic heterocycles. The van der Waals surface area contributed by atoms with Gasteiger partial charge in [-0.05, 0) is 49.2 Å². The lowest BCUT2D eigenvalue weighted by molar-refractivity contribution is -0.117. The summed E-state index contributed by atoms with van der Waals surface area (Å²) < 4.78 is 28.1. The molecule has 0 N–H and O–H groups in total. The van der Waals surface area contributed by atoms with Crippen LogP contribution >= 0.6 is 23.2 Å². The zero-order valence-corrected chi connectivity index (χ0v) is 19.0. The first-order valence-corrected chi connectivity index (χ1v) is 11.9. The van der Waals surface area contributed by atoms with Gasteiger partial charge in [0.25, 0.3) is 10.0 Å². The first kappa shape index (κ1) is 21.7. The Balaban J connectivity index is 1.77. The minimum absolute atomic E-state index is 0.0636. The highest BCUT2D eigenvalue weighted by molar-refractivity contribution is 7.92. The van der Waals surface area contributed by atoms with Gasteiger partial charge in [-0.1, -0.05) is 65.7 Å². The van der Waals surface area contributed by atoms with Crippen molar-refractivity contribution in [3.63, 3.8) is 0 Å². The van der Waals surface area contributed by atoms with Crippen molar-refractivity contribution in [2.75, 3.05) is 15.7 Å². The van der Waals surface area contributed by atoms with Gasteiger partial charge in [-0.25, -0.2) is 8.42 Å². The monoisotopic (exact) mass is 474 g/mol. The molecule has 8 heteroatoms. The number of hydrogen-bond acceptors (Lipinski definition) is 3. The molecule has 4 rings (SSSR count). The molecule has 1 atom stereocenters. The lowest BCUT2D eigenvalue weighted by Crippen LogP contribution is -2.45. The first-order chi connectivity index (χ1) is 14.8. The minimum Gasteiger partial charge on any atom is -0.307 e. The zero-order valence-electron chi connectivity index (χ0n) is 16.7. The van der Waals surface area contributed by atoms with E-state index in [2.05, 4.69) is 0 Å². The highest BCUT2D eigenvalue weighted by Gasteiger charge is 2.35. The van der Waals surface area contributed by atoms with E-state index in [1.807, 2.05) is 31.2 Å².